The van der Waals surface area contributed by atoms with Crippen LogP contribution < -0.4 is 15.3 Å². The predicted molar refractivity (Wildman–Crippen MR) is 221 cm³/mol. The lowest BCUT2D eigenvalue weighted by Crippen LogP contribution is -2.67. The summed E-state index contributed by atoms with van der Waals surface area (Å²) in [6.45, 7) is 22.9. The molecule has 1 aliphatic rings. The summed E-state index contributed by atoms with van der Waals surface area (Å²) in [5.74, 6) is 0.191. The van der Waals surface area contributed by atoms with Crippen LogP contribution in [0.15, 0.2) is 66.9 Å². The van der Waals surface area contributed by atoms with Crippen molar-refractivity contribution in [3.8, 4) is 0 Å². The van der Waals surface area contributed by atoms with E-state index in [-0.39, 0.29) is 23.4 Å². The van der Waals surface area contributed by atoms with Crippen LogP contribution in [0.2, 0.25) is 5.04 Å². The molecule has 10 nitrogen and oxygen atoms in total. The molecule has 2 aromatic carbocycles. The maximum absolute atomic E-state index is 13.4. The van der Waals surface area contributed by atoms with Crippen LogP contribution in [0, 0.1) is 6.92 Å². The highest BCUT2D eigenvalue weighted by Gasteiger charge is 2.51. The first-order valence-electron chi connectivity index (χ1n) is 19.9. The molecule has 4 aromatic rings. The minimum atomic E-state index is -2.61. The summed E-state index contributed by atoms with van der Waals surface area (Å²) in [6.07, 6.45) is 5.91. The molecule has 0 saturated carbocycles. The number of unbranched alkanes of at least 4 members (excludes halogenated alkanes) is 1. The van der Waals surface area contributed by atoms with Crippen LogP contribution in [-0.2, 0) is 23.4 Å². The molecule has 1 saturated heterocycles. The Morgan fingerprint density at radius 2 is 1.56 bits per heavy atom. The van der Waals surface area contributed by atoms with Gasteiger partial charge in [-0.15, -0.1) is 0 Å². The first kappa shape index (κ1) is 42.2. The van der Waals surface area contributed by atoms with E-state index >= 15 is 0 Å². The Morgan fingerprint density at radius 1 is 0.964 bits per heavy atom. The third-order valence-corrected chi connectivity index (χ3v) is 15.8. The number of nitrogens with zero attached hydrogens (tertiary/aromatic N) is 4. The van der Waals surface area contributed by atoms with Crippen LogP contribution >= 0.6 is 0 Å². The number of benzene rings is 2. The van der Waals surface area contributed by atoms with Crippen molar-refractivity contribution in [2.75, 3.05) is 31.2 Å². The Hall–Kier alpha value is -3.90. The molecule has 0 amide bonds. The van der Waals surface area contributed by atoms with Crippen LogP contribution in [-0.4, -0.2) is 78.8 Å². The van der Waals surface area contributed by atoms with Crippen molar-refractivity contribution in [2.45, 2.75) is 130 Å². The van der Waals surface area contributed by atoms with Crippen LogP contribution in [0.3, 0.4) is 0 Å². The topological polar surface area (TPSA) is 104 Å². The van der Waals surface area contributed by atoms with Crippen molar-refractivity contribution in [1.29, 1.82) is 0 Å². The molecule has 3 heterocycles. The maximum Gasteiger partial charge on any atom is 0.340 e. The van der Waals surface area contributed by atoms with Crippen molar-refractivity contribution in [3.63, 3.8) is 0 Å². The zero-order chi connectivity index (χ0) is 40.0. The van der Waals surface area contributed by atoms with Gasteiger partial charge in [-0.3, -0.25) is 4.79 Å². The molecule has 55 heavy (non-hydrogen) atoms. The van der Waals surface area contributed by atoms with Crippen molar-refractivity contribution >= 4 is 42.4 Å². The van der Waals surface area contributed by atoms with Gasteiger partial charge in [0.25, 0.3) is 8.32 Å². The second-order valence-corrected chi connectivity index (χ2v) is 21.4. The lowest BCUT2D eigenvalue weighted by molar-refractivity contribution is -0.166. The number of carbonyl (C=O) groups is 2. The van der Waals surface area contributed by atoms with Crippen LogP contribution in [0.4, 0.5) is 5.82 Å². The molecule has 298 valence electrons. The zero-order valence-corrected chi connectivity index (χ0v) is 35.7. The number of hydrogen-bond acceptors (Lipinski definition) is 9. The molecule has 2 atom stereocenters. The van der Waals surface area contributed by atoms with Gasteiger partial charge in [0.1, 0.15) is 11.5 Å². The standard InChI is InChI=1S/C44H62N4O6Si/c1-11-51-41(50)38(53-42(4,5)6)36-30-45-39-33(3)37(31-49)46-48(39)40(36)47-27-25-44(10,26-28-47)52-29-19-18-20-32(2)54-55(43(7,8)9,34-21-14-12-15-22-34)35-23-16-13-17-24-35/h12-17,21-24,30-32,38H,11,18-20,25-29H2,1-10H3/t32-,38+/m1/s1. The summed E-state index contributed by atoms with van der Waals surface area (Å²) in [4.78, 5) is 32.2. The van der Waals surface area contributed by atoms with Crippen molar-refractivity contribution in [3.05, 3.63) is 83.7 Å². The van der Waals surface area contributed by atoms with Gasteiger partial charge in [-0.1, -0.05) is 81.4 Å². The second-order valence-electron chi connectivity index (χ2n) is 17.1. The van der Waals surface area contributed by atoms with Gasteiger partial charge in [0.15, 0.2) is 18.0 Å². The average molecular weight is 771 g/mol. The molecule has 0 spiro atoms. The van der Waals surface area contributed by atoms with Crippen LogP contribution in [0.5, 0.6) is 0 Å². The quantitative estimate of drug-likeness (QED) is 0.0489. The molecule has 11 heteroatoms. The van der Waals surface area contributed by atoms with E-state index in [0.717, 1.165) is 38.4 Å². The Bertz CT molecular complexity index is 1840. The van der Waals surface area contributed by atoms with E-state index in [9.17, 15) is 9.59 Å². The van der Waals surface area contributed by atoms with E-state index in [1.165, 1.54) is 10.4 Å². The summed E-state index contributed by atoms with van der Waals surface area (Å²) in [6, 6.07) is 21.6. The molecule has 1 fully saturated rings. The summed E-state index contributed by atoms with van der Waals surface area (Å²) < 4.78 is 27.4. The molecule has 0 N–H and O–H groups in total. The van der Waals surface area contributed by atoms with Gasteiger partial charge in [-0.25, -0.2) is 9.78 Å². The molecule has 5 rings (SSSR count). The number of aldehydes is 1. The van der Waals surface area contributed by atoms with Crippen molar-refractivity contribution in [2.24, 2.45) is 0 Å². The van der Waals surface area contributed by atoms with Gasteiger partial charge >= 0.3 is 5.97 Å². The Balaban J connectivity index is 1.25. The number of ether oxygens (including phenoxy) is 3. The molecule has 2 aromatic heterocycles. The van der Waals surface area contributed by atoms with E-state index < -0.39 is 26.0 Å². The fourth-order valence-electron chi connectivity index (χ4n) is 7.78. The van der Waals surface area contributed by atoms with E-state index in [4.69, 9.17) is 18.6 Å². The highest BCUT2D eigenvalue weighted by atomic mass is 28.4. The molecular weight excluding hydrogens is 709 g/mol. The number of piperidine rings is 1. The predicted octanol–water partition coefficient (Wildman–Crippen LogP) is 7.78. The number of fused-ring (bicyclic) bond motifs is 1. The smallest absolute Gasteiger partial charge is 0.340 e. The lowest BCUT2D eigenvalue weighted by atomic mass is 9.92. The monoisotopic (exact) mass is 770 g/mol. The first-order chi connectivity index (χ1) is 26.0. The molecular formula is C44H62N4O6Si. The van der Waals surface area contributed by atoms with Gasteiger partial charge in [-0.2, -0.15) is 9.61 Å². The summed E-state index contributed by atoms with van der Waals surface area (Å²) >= 11 is 0. The SMILES string of the molecule is CCOC(=O)[C@@H](OC(C)(C)C)c1cnc2c(C)c(C=O)nn2c1N1CCC(C)(OCCCC[C@@H](C)O[Si](c2ccccc2)(c2ccccc2)C(C)(C)C)CC1. The largest absolute Gasteiger partial charge is 0.464 e. The van der Waals surface area contributed by atoms with Crippen LogP contribution in [0.1, 0.15) is 122 Å². The minimum absolute atomic E-state index is 0.0638. The van der Waals surface area contributed by atoms with E-state index in [1.54, 1.807) is 17.6 Å². The normalized spacial score (nSPS) is 16.2. The fraction of sp³-hybridized carbons (Fsp3) is 0.545. The van der Waals surface area contributed by atoms with E-state index in [0.29, 0.717) is 48.0 Å². The van der Waals surface area contributed by atoms with Crippen molar-refractivity contribution in [1.82, 2.24) is 14.6 Å². The Kier molecular flexibility index (Phi) is 13.4. The van der Waals surface area contributed by atoms with Crippen LogP contribution in [0.25, 0.3) is 5.65 Å². The number of esters is 1. The average Bonchev–Trinajstić information content (AvgIpc) is 3.47. The number of aryl methyl sites for hydroxylation is 1. The minimum Gasteiger partial charge on any atom is -0.464 e. The highest BCUT2D eigenvalue weighted by molar-refractivity contribution is 6.99. The molecule has 0 unspecified atom stereocenters. The molecule has 0 bridgehead atoms. The lowest BCUT2D eigenvalue weighted by Gasteiger charge is -2.44. The second kappa shape index (κ2) is 17.5. The Labute approximate surface area is 329 Å². The van der Waals surface area contributed by atoms with Gasteiger partial charge < -0.3 is 23.5 Å². The van der Waals surface area contributed by atoms with Gasteiger partial charge in [0, 0.05) is 37.6 Å². The summed E-state index contributed by atoms with van der Waals surface area (Å²) in [5, 5.41) is 7.17. The molecule has 1 aliphatic heterocycles. The Morgan fingerprint density at radius 3 is 2.09 bits per heavy atom. The number of anilines is 1. The van der Waals surface area contributed by atoms with E-state index in [2.05, 4.69) is 110 Å². The van der Waals surface area contributed by atoms with Crippen molar-refractivity contribution < 1.29 is 28.2 Å². The summed E-state index contributed by atoms with van der Waals surface area (Å²) in [5.41, 5.74) is 1.17. The third-order valence-electron chi connectivity index (χ3n) is 10.6. The molecule has 0 aliphatic carbocycles. The van der Waals surface area contributed by atoms with Gasteiger partial charge in [0.05, 0.1) is 23.4 Å². The fourth-order valence-corrected chi connectivity index (χ4v) is 12.5. The first-order valence-corrected chi connectivity index (χ1v) is 21.8. The number of rotatable bonds is 16. The molecule has 0 radical (unpaired) electrons. The van der Waals surface area contributed by atoms with Gasteiger partial charge in [-0.05, 0) is 96.0 Å². The zero-order valence-electron chi connectivity index (χ0n) is 34.7. The summed E-state index contributed by atoms with van der Waals surface area (Å²) in [7, 11) is -2.61. The van der Waals surface area contributed by atoms with Gasteiger partial charge in [0.2, 0.25) is 0 Å². The number of aromatic nitrogens is 3. The maximum atomic E-state index is 13.4. The van der Waals surface area contributed by atoms with E-state index in [1.807, 2.05) is 27.7 Å². The number of hydrogen-bond donors (Lipinski definition) is 0. The third kappa shape index (κ3) is 9.56. The highest BCUT2D eigenvalue weighted by Crippen LogP contribution is 2.39. The number of carbonyl (C=O) groups excluding carboxylic acids is 2.